The van der Waals surface area contributed by atoms with Crippen molar-refractivity contribution in [3.63, 3.8) is 0 Å². The van der Waals surface area contributed by atoms with Gasteiger partial charge in [0.1, 0.15) is 0 Å². The average Bonchev–Trinajstić information content (AvgIpc) is 2.15. The van der Waals surface area contributed by atoms with Gasteiger partial charge in [0.05, 0.1) is 6.61 Å². The summed E-state index contributed by atoms with van der Waals surface area (Å²) in [5, 5.41) is 0. The van der Waals surface area contributed by atoms with Gasteiger partial charge < -0.3 is 4.74 Å². The smallest absolute Gasteiger partial charge is 0.330 e. The Kier molecular flexibility index (Phi) is 8.47. The molecule has 0 spiro atoms. The lowest BCUT2D eigenvalue weighted by Crippen LogP contribution is -2.06. The van der Waals surface area contributed by atoms with Crippen LogP contribution >= 0.6 is 0 Å². The molecule has 17 heavy (non-hydrogen) atoms. The van der Waals surface area contributed by atoms with Crippen LogP contribution in [0.3, 0.4) is 0 Å². The Hall–Kier alpha value is -1.05. The van der Waals surface area contributed by atoms with Crippen LogP contribution in [0.1, 0.15) is 53.9 Å². The number of ether oxygens (including phenoxy) is 1. The van der Waals surface area contributed by atoms with Crippen molar-refractivity contribution in [2.45, 2.75) is 53.9 Å². The number of carbonyl (C=O) groups excluding carboxylic acids is 1. The average molecular weight is 238 g/mol. The van der Waals surface area contributed by atoms with E-state index < -0.39 is 0 Å². The lowest BCUT2D eigenvalue weighted by atomic mass is 10.0. The van der Waals surface area contributed by atoms with Gasteiger partial charge in [-0.05, 0) is 52.9 Å². The standard InChI is InChI=1S/C15H26O2/c1-12(2)7-6-8-14(5)9-10-17-15(16)11-13(3)4/h7,11,14H,6,8-10H2,1-5H3/t14-/m1/s1. The Labute approximate surface area is 106 Å². The first-order chi connectivity index (χ1) is 7.91. The van der Waals surface area contributed by atoms with E-state index in [4.69, 9.17) is 4.74 Å². The summed E-state index contributed by atoms with van der Waals surface area (Å²) < 4.78 is 5.12. The van der Waals surface area contributed by atoms with E-state index in [0.29, 0.717) is 12.5 Å². The van der Waals surface area contributed by atoms with Crippen LogP contribution in [0.15, 0.2) is 23.3 Å². The van der Waals surface area contributed by atoms with E-state index in [0.717, 1.165) is 24.8 Å². The van der Waals surface area contributed by atoms with Gasteiger partial charge in [0.15, 0.2) is 0 Å². The van der Waals surface area contributed by atoms with Crippen LogP contribution in [-0.4, -0.2) is 12.6 Å². The lowest BCUT2D eigenvalue weighted by molar-refractivity contribution is -0.138. The second-order valence-corrected chi connectivity index (χ2v) is 5.14. The lowest BCUT2D eigenvalue weighted by Gasteiger charge is -2.09. The molecule has 2 heteroatoms. The maximum atomic E-state index is 11.2. The molecule has 0 N–H and O–H groups in total. The predicted octanol–water partition coefficient (Wildman–Crippen LogP) is 4.27. The normalized spacial score (nSPS) is 11.6. The Morgan fingerprint density at radius 3 is 2.29 bits per heavy atom. The van der Waals surface area contributed by atoms with Crippen molar-refractivity contribution in [1.82, 2.24) is 0 Å². The molecule has 0 aromatic heterocycles. The third-order valence-electron chi connectivity index (χ3n) is 2.47. The van der Waals surface area contributed by atoms with Crippen LogP contribution < -0.4 is 0 Å². The van der Waals surface area contributed by atoms with E-state index in [1.54, 1.807) is 0 Å². The molecule has 0 saturated carbocycles. The van der Waals surface area contributed by atoms with Crippen LogP contribution in [-0.2, 0) is 9.53 Å². The van der Waals surface area contributed by atoms with Crippen molar-refractivity contribution in [2.75, 3.05) is 6.61 Å². The van der Waals surface area contributed by atoms with Crippen molar-refractivity contribution in [3.8, 4) is 0 Å². The molecule has 2 nitrogen and oxygen atoms in total. The SMILES string of the molecule is CC(C)=CCC[C@@H](C)CCOC(=O)C=C(C)C. The van der Waals surface area contributed by atoms with Gasteiger partial charge in [-0.25, -0.2) is 4.79 Å². The fraction of sp³-hybridized carbons (Fsp3) is 0.667. The minimum Gasteiger partial charge on any atom is -0.463 e. The third-order valence-corrected chi connectivity index (χ3v) is 2.47. The molecule has 0 rings (SSSR count). The summed E-state index contributed by atoms with van der Waals surface area (Å²) >= 11 is 0. The minimum absolute atomic E-state index is 0.221. The molecule has 0 aromatic carbocycles. The molecule has 0 fully saturated rings. The molecule has 0 aliphatic carbocycles. The Morgan fingerprint density at radius 2 is 1.76 bits per heavy atom. The topological polar surface area (TPSA) is 26.3 Å². The van der Waals surface area contributed by atoms with Crippen molar-refractivity contribution in [2.24, 2.45) is 5.92 Å². The molecule has 98 valence electrons. The minimum atomic E-state index is -0.221. The van der Waals surface area contributed by atoms with Crippen molar-refractivity contribution < 1.29 is 9.53 Å². The maximum absolute atomic E-state index is 11.2. The molecule has 0 heterocycles. The van der Waals surface area contributed by atoms with E-state index in [1.165, 1.54) is 11.6 Å². The molecule has 0 radical (unpaired) electrons. The van der Waals surface area contributed by atoms with Crippen LogP contribution in [0.2, 0.25) is 0 Å². The Bertz CT molecular complexity index is 279. The van der Waals surface area contributed by atoms with Gasteiger partial charge in [0.25, 0.3) is 0 Å². The molecular formula is C15H26O2. The molecule has 0 amide bonds. The summed E-state index contributed by atoms with van der Waals surface area (Å²) in [7, 11) is 0. The van der Waals surface area contributed by atoms with Crippen LogP contribution in [0.25, 0.3) is 0 Å². The van der Waals surface area contributed by atoms with Crippen LogP contribution in [0.5, 0.6) is 0 Å². The van der Waals surface area contributed by atoms with Crippen molar-refractivity contribution in [3.05, 3.63) is 23.3 Å². The van der Waals surface area contributed by atoms with Gasteiger partial charge in [0.2, 0.25) is 0 Å². The third kappa shape index (κ3) is 11.2. The summed E-state index contributed by atoms with van der Waals surface area (Å²) in [4.78, 5) is 11.2. The highest BCUT2D eigenvalue weighted by Crippen LogP contribution is 2.11. The van der Waals surface area contributed by atoms with Crippen molar-refractivity contribution in [1.29, 1.82) is 0 Å². The first-order valence-corrected chi connectivity index (χ1v) is 6.37. The number of carbonyl (C=O) groups is 1. The Morgan fingerprint density at radius 1 is 1.12 bits per heavy atom. The number of hydrogen-bond acceptors (Lipinski definition) is 2. The van der Waals surface area contributed by atoms with Gasteiger partial charge in [-0.1, -0.05) is 24.1 Å². The Balaban J connectivity index is 3.64. The van der Waals surface area contributed by atoms with Gasteiger partial charge in [-0.15, -0.1) is 0 Å². The van der Waals surface area contributed by atoms with Gasteiger partial charge >= 0.3 is 5.97 Å². The summed E-state index contributed by atoms with van der Waals surface area (Å²) in [6, 6.07) is 0. The zero-order valence-electron chi connectivity index (χ0n) is 11.9. The molecule has 0 aliphatic rings. The summed E-state index contributed by atoms with van der Waals surface area (Å²) in [5.74, 6) is 0.381. The summed E-state index contributed by atoms with van der Waals surface area (Å²) in [5.41, 5.74) is 2.35. The highest BCUT2D eigenvalue weighted by molar-refractivity contribution is 5.82. The zero-order chi connectivity index (χ0) is 13.3. The first-order valence-electron chi connectivity index (χ1n) is 6.37. The van der Waals surface area contributed by atoms with E-state index in [1.807, 2.05) is 13.8 Å². The van der Waals surface area contributed by atoms with Gasteiger partial charge in [-0.2, -0.15) is 0 Å². The van der Waals surface area contributed by atoms with E-state index >= 15 is 0 Å². The highest BCUT2D eigenvalue weighted by Gasteiger charge is 2.03. The zero-order valence-corrected chi connectivity index (χ0v) is 11.9. The first kappa shape index (κ1) is 16.0. The van der Waals surface area contributed by atoms with Crippen LogP contribution in [0.4, 0.5) is 0 Å². The number of rotatable bonds is 7. The van der Waals surface area contributed by atoms with E-state index in [-0.39, 0.29) is 5.97 Å². The second-order valence-electron chi connectivity index (χ2n) is 5.14. The van der Waals surface area contributed by atoms with Gasteiger partial charge in [-0.3, -0.25) is 0 Å². The number of allylic oxidation sites excluding steroid dienone is 3. The molecule has 0 bridgehead atoms. The van der Waals surface area contributed by atoms with Crippen molar-refractivity contribution >= 4 is 5.97 Å². The van der Waals surface area contributed by atoms with Crippen LogP contribution in [0, 0.1) is 5.92 Å². The largest absolute Gasteiger partial charge is 0.463 e. The molecule has 0 aromatic rings. The monoisotopic (exact) mass is 238 g/mol. The molecule has 0 unspecified atom stereocenters. The maximum Gasteiger partial charge on any atom is 0.330 e. The quantitative estimate of drug-likeness (QED) is 0.376. The van der Waals surface area contributed by atoms with E-state index in [9.17, 15) is 4.79 Å². The summed E-state index contributed by atoms with van der Waals surface area (Å²) in [6.07, 6.45) is 7.01. The second kappa shape index (κ2) is 9.03. The molecular weight excluding hydrogens is 212 g/mol. The fourth-order valence-corrected chi connectivity index (χ4v) is 1.44. The molecule has 1 atom stereocenters. The number of esters is 1. The van der Waals surface area contributed by atoms with Gasteiger partial charge in [0, 0.05) is 6.08 Å². The number of hydrogen-bond donors (Lipinski definition) is 0. The van der Waals surface area contributed by atoms with E-state index in [2.05, 4.69) is 26.8 Å². The molecule has 0 saturated heterocycles. The highest BCUT2D eigenvalue weighted by atomic mass is 16.5. The fourth-order valence-electron chi connectivity index (χ4n) is 1.44. The molecule has 0 aliphatic heterocycles. The predicted molar refractivity (Wildman–Crippen MR) is 72.8 cm³/mol. The summed E-state index contributed by atoms with van der Waals surface area (Å²) in [6.45, 7) is 10.7.